The van der Waals surface area contributed by atoms with Crippen LogP contribution in [0.5, 0.6) is 0 Å². The summed E-state index contributed by atoms with van der Waals surface area (Å²) in [4.78, 5) is 30.0. The highest BCUT2D eigenvalue weighted by Crippen LogP contribution is 2.33. The van der Waals surface area contributed by atoms with Crippen molar-refractivity contribution in [1.82, 2.24) is 19.4 Å². The van der Waals surface area contributed by atoms with Crippen LogP contribution in [0, 0.1) is 6.92 Å². The largest absolute Gasteiger partial charge is 0.459 e. The summed E-state index contributed by atoms with van der Waals surface area (Å²) in [5.41, 5.74) is 4.30. The van der Waals surface area contributed by atoms with Gasteiger partial charge in [-0.1, -0.05) is 6.07 Å². The number of carbonyl (C=O) groups is 1. The molecule has 0 saturated carbocycles. The first-order valence-electron chi connectivity index (χ1n) is 13.3. The second kappa shape index (κ2) is 11.4. The number of aromatic nitrogens is 3. The van der Waals surface area contributed by atoms with E-state index in [-0.39, 0.29) is 17.7 Å². The fraction of sp³-hybridized carbons (Fsp3) is 0.536. The minimum absolute atomic E-state index is 0.0255. The van der Waals surface area contributed by atoms with Crippen molar-refractivity contribution in [2.24, 2.45) is 7.05 Å². The van der Waals surface area contributed by atoms with Crippen LogP contribution >= 0.6 is 0 Å². The molecule has 10 nitrogen and oxygen atoms in total. The molecule has 204 valence electrons. The first kappa shape index (κ1) is 26.6. The Balaban J connectivity index is 1.43. The van der Waals surface area contributed by atoms with E-state index in [0.717, 1.165) is 40.8 Å². The molecule has 38 heavy (non-hydrogen) atoms. The molecule has 2 fully saturated rings. The number of benzene rings is 1. The molecule has 5 rings (SSSR count). The summed E-state index contributed by atoms with van der Waals surface area (Å²) >= 11 is 0. The fourth-order valence-electron chi connectivity index (χ4n) is 5.29. The number of esters is 1. The zero-order chi connectivity index (χ0) is 26.8. The van der Waals surface area contributed by atoms with Crippen molar-refractivity contribution in [3.8, 4) is 11.4 Å². The van der Waals surface area contributed by atoms with E-state index < -0.39 is 18.1 Å². The summed E-state index contributed by atoms with van der Waals surface area (Å²) in [6.45, 7) is 6.11. The summed E-state index contributed by atoms with van der Waals surface area (Å²) < 4.78 is 20.3. The lowest BCUT2D eigenvalue weighted by Crippen LogP contribution is -2.46. The molecule has 0 amide bonds. The van der Waals surface area contributed by atoms with E-state index >= 15 is 0 Å². The van der Waals surface area contributed by atoms with Crippen molar-refractivity contribution in [3.05, 3.63) is 51.9 Å². The van der Waals surface area contributed by atoms with Gasteiger partial charge in [-0.05, 0) is 50.5 Å². The van der Waals surface area contributed by atoms with E-state index in [9.17, 15) is 14.7 Å². The van der Waals surface area contributed by atoms with Gasteiger partial charge < -0.3 is 28.5 Å². The Bertz CT molecular complexity index is 1330. The normalized spacial score (nSPS) is 20.1. The highest BCUT2D eigenvalue weighted by molar-refractivity contribution is 5.82. The van der Waals surface area contributed by atoms with Crippen LogP contribution in [0.4, 0.5) is 0 Å². The molecule has 4 heterocycles. The predicted octanol–water partition coefficient (Wildman–Crippen LogP) is 2.23. The molecular weight excluding hydrogens is 488 g/mol. The second-order valence-electron chi connectivity index (χ2n) is 10.3. The maximum atomic E-state index is 12.7. The number of aliphatic hydroxyl groups is 1. The maximum absolute atomic E-state index is 12.7. The second-order valence-corrected chi connectivity index (χ2v) is 10.3. The van der Waals surface area contributed by atoms with Crippen LogP contribution in [0.1, 0.15) is 43.4 Å². The van der Waals surface area contributed by atoms with Crippen molar-refractivity contribution >= 4 is 17.0 Å². The summed E-state index contributed by atoms with van der Waals surface area (Å²) in [5.74, 6) is 0.340. The van der Waals surface area contributed by atoms with Crippen LogP contribution in [0.15, 0.2) is 35.3 Å². The van der Waals surface area contributed by atoms with Crippen molar-refractivity contribution in [3.63, 3.8) is 0 Å². The molecule has 2 aromatic heterocycles. The number of carbonyl (C=O) groups excluding carboxylic acids is 1. The minimum Gasteiger partial charge on any atom is -0.459 e. The van der Waals surface area contributed by atoms with E-state index in [2.05, 4.69) is 16.0 Å². The van der Waals surface area contributed by atoms with Gasteiger partial charge in [0.15, 0.2) is 0 Å². The molecule has 0 bridgehead atoms. The molecule has 0 spiro atoms. The molecule has 2 aliphatic rings. The third kappa shape index (κ3) is 5.54. The van der Waals surface area contributed by atoms with Crippen LogP contribution in [0.3, 0.4) is 0 Å². The van der Waals surface area contributed by atoms with Gasteiger partial charge in [0.05, 0.1) is 30.4 Å². The highest BCUT2D eigenvalue weighted by Gasteiger charge is 2.29. The smallest absolute Gasteiger partial charge is 0.326 e. The van der Waals surface area contributed by atoms with Gasteiger partial charge >= 0.3 is 5.97 Å². The van der Waals surface area contributed by atoms with Gasteiger partial charge in [0.25, 0.3) is 5.56 Å². The fourth-order valence-corrected chi connectivity index (χ4v) is 5.29. The van der Waals surface area contributed by atoms with Gasteiger partial charge in [-0.2, -0.15) is 0 Å². The summed E-state index contributed by atoms with van der Waals surface area (Å²) in [5, 5.41) is 13.4. The number of aliphatic hydroxyl groups excluding tert-OH is 1. The zero-order valence-electron chi connectivity index (χ0n) is 22.2. The molecule has 0 radical (unpaired) electrons. The highest BCUT2D eigenvalue weighted by atomic mass is 16.6. The van der Waals surface area contributed by atoms with E-state index in [1.165, 1.54) is 0 Å². The molecule has 1 aromatic carbocycles. The number of aryl methyl sites for hydroxylation is 2. The first-order chi connectivity index (χ1) is 18.3. The van der Waals surface area contributed by atoms with Crippen molar-refractivity contribution < 1.29 is 24.1 Å². The van der Waals surface area contributed by atoms with Gasteiger partial charge in [0.1, 0.15) is 18.0 Å². The summed E-state index contributed by atoms with van der Waals surface area (Å²) in [6.07, 6.45) is 3.09. The van der Waals surface area contributed by atoms with Gasteiger partial charge in [-0.3, -0.25) is 14.9 Å². The average molecular weight is 525 g/mol. The van der Waals surface area contributed by atoms with Crippen molar-refractivity contribution in [2.75, 3.05) is 26.4 Å². The third-order valence-electron chi connectivity index (χ3n) is 7.36. The number of pyridine rings is 1. The molecular formula is C28H36N4O6. The number of hydrogen-bond acceptors (Lipinski definition) is 8. The molecule has 3 atom stereocenters. The van der Waals surface area contributed by atoms with Gasteiger partial charge in [-0.15, -0.1) is 0 Å². The van der Waals surface area contributed by atoms with Crippen molar-refractivity contribution in [2.45, 2.75) is 63.9 Å². The van der Waals surface area contributed by atoms with Crippen LogP contribution < -0.4 is 10.9 Å². The topological polar surface area (TPSA) is 117 Å². The SMILES string of the molecule is Cc1cc(-c2nc3cc(CN[C@H](C(=O)O[C@H]4CCOC4)[C@@H](C)O)ccc3n2C2CCOCC2)cn(C)c1=O. The number of ether oxygens (including phenoxy) is 3. The lowest BCUT2D eigenvalue weighted by molar-refractivity contribution is -0.154. The standard InChI is InChI=1S/C28H36N4O6/c1-17-12-20(15-31(3)27(17)34)26-30-23-13-19(4-5-24(23)32(26)21-6-9-36-10-7-21)14-29-25(18(2)33)28(35)38-22-8-11-37-16-22/h4-5,12-13,15,18,21-22,25,29,33H,6-11,14,16H2,1-3H3/t18-,22+,25+/m1/s1. The van der Waals surface area contributed by atoms with Crippen LogP contribution in [0.2, 0.25) is 0 Å². The molecule has 10 heteroatoms. The Kier molecular flexibility index (Phi) is 7.94. The molecule has 0 unspecified atom stereocenters. The van der Waals surface area contributed by atoms with Crippen LogP contribution in [-0.2, 0) is 32.6 Å². The molecule has 2 aliphatic heterocycles. The number of nitrogens with one attached hydrogen (secondary N) is 1. The number of hydrogen-bond donors (Lipinski definition) is 2. The Morgan fingerprint density at radius 3 is 2.66 bits per heavy atom. The monoisotopic (exact) mass is 524 g/mol. The quantitative estimate of drug-likeness (QED) is 0.431. The van der Waals surface area contributed by atoms with Crippen LogP contribution in [-0.4, -0.2) is 69.9 Å². The summed E-state index contributed by atoms with van der Waals surface area (Å²) in [6, 6.07) is 7.35. The number of imidazole rings is 1. The lowest BCUT2D eigenvalue weighted by atomic mass is 10.1. The van der Waals surface area contributed by atoms with Gasteiger partial charge in [0.2, 0.25) is 0 Å². The Labute approximate surface area is 221 Å². The maximum Gasteiger partial charge on any atom is 0.326 e. The predicted molar refractivity (Wildman–Crippen MR) is 142 cm³/mol. The average Bonchev–Trinajstić information content (AvgIpc) is 3.55. The van der Waals surface area contributed by atoms with E-state index in [0.29, 0.717) is 45.0 Å². The number of nitrogens with zero attached hydrogens (tertiary/aromatic N) is 3. The minimum atomic E-state index is -0.916. The molecule has 0 aliphatic carbocycles. The first-order valence-corrected chi connectivity index (χ1v) is 13.3. The summed E-state index contributed by atoms with van der Waals surface area (Å²) in [7, 11) is 1.76. The van der Waals surface area contributed by atoms with Gasteiger partial charge in [-0.25, -0.2) is 4.98 Å². The molecule has 2 N–H and O–H groups in total. The Hall–Kier alpha value is -3.05. The third-order valence-corrected chi connectivity index (χ3v) is 7.36. The molecule has 3 aromatic rings. The Morgan fingerprint density at radius 1 is 1.21 bits per heavy atom. The van der Waals surface area contributed by atoms with E-state index in [4.69, 9.17) is 19.2 Å². The lowest BCUT2D eigenvalue weighted by Gasteiger charge is -2.26. The number of rotatable bonds is 8. The Morgan fingerprint density at radius 2 is 1.97 bits per heavy atom. The van der Waals surface area contributed by atoms with Gasteiger partial charge in [0, 0.05) is 56.6 Å². The number of fused-ring (bicyclic) bond motifs is 1. The van der Waals surface area contributed by atoms with Crippen molar-refractivity contribution in [1.29, 1.82) is 0 Å². The van der Waals surface area contributed by atoms with E-state index in [1.807, 2.05) is 31.3 Å². The molecule has 2 saturated heterocycles. The zero-order valence-corrected chi connectivity index (χ0v) is 22.2. The van der Waals surface area contributed by atoms with Crippen LogP contribution in [0.25, 0.3) is 22.4 Å². The van der Waals surface area contributed by atoms with E-state index in [1.54, 1.807) is 18.5 Å².